The molecule has 1 fully saturated rings. The molecule has 2 atom stereocenters. The smallest absolute Gasteiger partial charge is 0.226 e. The van der Waals surface area contributed by atoms with Gasteiger partial charge in [-0.25, -0.2) is 0 Å². The molecule has 0 aliphatic carbocycles. The summed E-state index contributed by atoms with van der Waals surface area (Å²) < 4.78 is 11.2. The van der Waals surface area contributed by atoms with Crippen LogP contribution < -0.4 is 5.32 Å². The molecule has 0 bridgehead atoms. The number of amides is 1. The Balaban J connectivity index is 1.60. The van der Waals surface area contributed by atoms with Crippen molar-refractivity contribution in [2.24, 2.45) is 5.92 Å². The van der Waals surface area contributed by atoms with Crippen LogP contribution in [-0.2, 0) is 20.9 Å². The number of carbonyl (C=O) groups is 1. The Morgan fingerprint density at radius 1 is 1.12 bits per heavy atom. The second kappa shape index (κ2) is 8.62. The van der Waals surface area contributed by atoms with Crippen LogP contribution in [0.25, 0.3) is 0 Å². The average molecular weight is 325 g/mol. The van der Waals surface area contributed by atoms with Gasteiger partial charge >= 0.3 is 0 Å². The van der Waals surface area contributed by atoms with Crippen LogP contribution >= 0.6 is 0 Å². The lowest BCUT2D eigenvalue weighted by Gasteiger charge is -2.21. The van der Waals surface area contributed by atoms with Crippen molar-refractivity contribution in [3.05, 3.63) is 71.8 Å². The zero-order chi connectivity index (χ0) is 16.6. The predicted octanol–water partition coefficient (Wildman–Crippen LogP) is 3.10. The third kappa shape index (κ3) is 4.66. The maximum atomic E-state index is 12.4. The predicted molar refractivity (Wildman–Crippen MR) is 92.3 cm³/mol. The second-order valence-corrected chi connectivity index (χ2v) is 6.03. The Morgan fingerprint density at radius 3 is 2.50 bits per heavy atom. The highest BCUT2D eigenvalue weighted by molar-refractivity contribution is 5.79. The van der Waals surface area contributed by atoms with Crippen LogP contribution in [0.2, 0.25) is 0 Å². The van der Waals surface area contributed by atoms with Crippen molar-refractivity contribution in [1.29, 1.82) is 0 Å². The SMILES string of the molecule is O=C(N[C@@H](COCc1ccccc1)c1ccccc1)[C@@H]1CCOC1. The summed E-state index contributed by atoms with van der Waals surface area (Å²) in [6.07, 6.45) is 0.790. The molecule has 1 N–H and O–H groups in total. The molecule has 24 heavy (non-hydrogen) atoms. The number of benzene rings is 2. The molecule has 1 saturated heterocycles. The van der Waals surface area contributed by atoms with Gasteiger partial charge in [-0.3, -0.25) is 4.79 Å². The molecule has 0 saturated carbocycles. The maximum Gasteiger partial charge on any atom is 0.226 e. The van der Waals surface area contributed by atoms with Crippen LogP contribution in [0.3, 0.4) is 0 Å². The van der Waals surface area contributed by atoms with E-state index in [1.807, 2.05) is 60.7 Å². The number of nitrogens with one attached hydrogen (secondary N) is 1. The first kappa shape index (κ1) is 16.7. The van der Waals surface area contributed by atoms with Gasteiger partial charge in [0.15, 0.2) is 0 Å². The van der Waals surface area contributed by atoms with Crippen molar-refractivity contribution < 1.29 is 14.3 Å². The van der Waals surface area contributed by atoms with E-state index in [1.165, 1.54) is 0 Å². The van der Waals surface area contributed by atoms with Crippen molar-refractivity contribution in [2.75, 3.05) is 19.8 Å². The highest BCUT2D eigenvalue weighted by atomic mass is 16.5. The zero-order valence-electron chi connectivity index (χ0n) is 13.7. The Hall–Kier alpha value is -2.17. The normalized spacial score (nSPS) is 18.2. The van der Waals surface area contributed by atoms with Crippen molar-refractivity contribution in [2.45, 2.75) is 19.1 Å². The van der Waals surface area contributed by atoms with E-state index in [0.29, 0.717) is 26.4 Å². The van der Waals surface area contributed by atoms with Gasteiger partial charge < -0.3 is 14.8 Å². The maximum absolute atomic E-state index is 12.4. The number of carbonyl (C=O) groups excluding carboxylic acids is 1. The van der Waals surface area contributed by atoms with Crippen LogP contribution in [-0.4, -0.2) is 25.7 Å². The molecule has 1 heterocycles. The van der Waals surface area contributed by atoms with Gasteiger partial charge in [-0.1, -0.05) is 60.7 Å². The fraction of sp³-hybridized carbons (Fsp3) is 0.350. The van der Waals surface area contributed by atoms with E-state index in [9.17, 15) is 4.79 Å². The van der Waals surface area contributed by atoms with Crippen molar-refractivity contribution in [3.63, 3.8) is 0 Å². The quantitative estimate of drug-likeness (QED) is 0.851. The molecule has 1 aliphatic rings. The Kier molecular flexibility index (Phi) is 5.99. The molecule has 126 valence electrons. The number of ether oxygens (including phenoxy) is 2. The molecule has 2 aromatic carbocycles. The van der Waals surface area contributed by atoms with Crippen LogP contribution in [0.4, 0.5) is 0 Å². The molecule has 4 nitrogen and oxygen atoms in total. The summed E-state index contributed by atoms with van der Waals surface area (Å²) in [5, 5.41) is 3.12. The van der Waals surface area contributed by atoms with Gasteiger partial charge in [0.2, 0.25) is 5.91 Å². The summed E-state index contributed by atoms with van der Waals surface area (Å²) in [4.78, 5) is 12.4. The summed E-state index contributed by atoms with van der Waals surface area (Å²) in [7, 11) is 0. The van der Waals surface area contributed by atoms with E-state index in [-0.39, 0.29) is 17.9 Å². The third-order valence-corrected chi connectivity index (χ3v) is 4.21. The van der Waals surface area contributed by atoms with Crippen LogP contribution in [0, 0.1) is 5.92 Å². The standard InChI is InChI=1S/C20H23NO3/c22-20(18-11-12-23-14-18)21-19(17-9-5-2-6-10-17)15-24-13-16-7-3-1-4-8-16/h1-10,18-19H,11-15H2,(H,21,22)/t18-,19+/m1/s1. The average Bonchev–Trinajstić information content (AvgIpc) is 3.17. The second-order valence-electron chi connectivity index (χ2n) is 6.03. The monoisotopic (exact) mass is 325 g/mol. The van der Waals surface area contributed by atoms with Gasteiger partial charge in [0.25, 0.3) is 0 Å². The molecule has 3 rings (SSSR count). The topological polar surface area (TPSA) is 47.6 Å². The van der Waals surface area contributed by atoms with E-state index in [0.717, 1.165) is 17.5 Å². The van der Waals surface area contributed by atoms with Gasteiger partial charge in [-0.2, -0.15) is 0 Å². The van der Waals surface area contributed by atoms with Crippen LogP contribution in [0.15, 0.2) is 60.7 Å². The van der Waals surface area contributed by atoms with Gasteiger partial charge in [-0.15, -0.1) is 0 Å². The number of hydrogen-bond acceptors (Lipinski definition) is 3. The summed E-state index contributed by atoms with van der Waals surface area (Å²) in [6.45, 7) is 2.15. The summed E-state index contributed by atoms with van der Waals surface area (Å²) >= 11 is 0. The first-order chi connectivity index (χ1) is 11.8. The molecule has 2 aromatic rings. The summed E-state index contributed by atoms with van der Waals surface area (Å²) in [5.74, 6) is -0.00463. The van der Waals surface area contributed by atoms with Gasteiger partial charge in [0.1, 0.15) is 0 Å². The molecule has 1 amide bonds. The van der Waals surface area contributed by atoms with Crippen molar-refractivity contribution in [3.8, 4) is 0 Å². The van der Waals surface area contributed by atoms with Gasteiger partial charge in [0, 0.05) is 6.61 Å². The Labute approximate surface area is 142 Å². The Morgan fingerprint density at radius 2 is 1.83 bits per heavy atom. The van der Waals surface area contributed by atoms with Crippen LogP contribution in [0.1, 0.15) is 23.6 Å². The lowest BCUT2D eigenvalue weighted by Crippen LogP contribution is -2.36. The van der Waals surface area contributed by atoms with Crippen molar-refractivity contribution in [1.82, 2.24) is 5.32 Å². The van der Waals surface area contributed by atoms with Gasteiger partial charge in [-0.05, 0) is 17.5 Å². The van der Waals surface area contributed by atoms with E-state index in [2.05, 4.69) is 5.32 Å². The number of rotatable bonds is 7. The lowest BCUT2D eigenvalue weighted by molar-refractivity contribution is -0.126. The number of hydrogen-bond donors (Lipinski definition) is 1. The Bertz CT molecular complexity index is 624. The molecule has 0 spiro atoms. The summed E-state index contributed by atoms with van der Waals surface area (Å²) in [5.41, 5.74) is 2.18. The molecule has 1 aliphatic heterocycles. The van der Waals surface area contributed by atoms with Crippen molar-refractivity contribution >= 4 is 5.91 Å². The fourth-order valence-corrected chi connectivity index (χ4v) is 2.81. The molecular weight excluding hydrogens is 302 g/mol. The summed E-state index contributed by atoms with van der Waals surface area (Å²) in [6, 6.07) is 19.8. The first-order valence-electron chi connectivity index (χ1n) is 8.37. The fourth-order valence-electron chi connectivity index (χ4n) is 2.81. The van der Waals surface area contributed by atoms with E-state index in [1.54, 1.807) is 0 Å². The molecule has 0 aromatic heterocycles. The minimum absolute atomic E-state index is 0.0460. The lowest BCUT2D eigenvalue weighted by atomic mass is 10.0. The highest BCUT2D eigenvalue weighted by Gasteiger charge is 2.26. The molecule has 0 radical (unpaired) electrons. The minimum atomic E-state index is -0.150. The first-order valence-corrected chi connectivity index (χ1v) is 8.37. The van der Waals surface area contributed by atoms with E-state index in [4.69, 9.17) is 9.47 Å². The van der Waals surface area contributed by atoms with Crippen LogP contribution in [0.5, 0.6) is 0 Å². The minimum Gasteiger partial charge on any atom is -0.381 e. The van der Waals surface area contributed by atoms with E-state index >= 15 is 0 Å². The van der Waals surface area contributed by atoms with Gasteiger partial charge in [0.05, 0.1) is 31.8 Å². The molecular formula is C20H23NO3. The molecule has 0 unspecified atom stereocenters. The molecule has 4 heteroatoms. The zero-order valence-corrected chi connectivity index (χ0v) is 13.7. The largest absolute Gasteiger partial charge is 0.381 e. The highest BCUT2D eigenvalue weighted by Crippen LogP contribution is 2.18. The van der Waals surface area contributed by atoms with E-state index < -0.39 is 0 Å². The third-order valence-electron chi connectivity index (χ3n) is 4.21.